The van der Waals surface area contributed by atoms with Crippen LogP contribution < -0.4 is 10.5 Å². The maximum absolute atomic E-state index is 13.1. The summed E-state index contributed by atoms with van der Waals surface area (Å²) in [5, 5.41) is 8.89. The lowest BCUT2D eigenvalue weighted by Gasteiger charge is -2.28. The molecule has 0 unspecified atom stereocenters. The van der Waals surface area contributed by atoms with Gasteiger partial charge in [-0.25, -0.2) is 0 Å². The second-order valence-electron chi connectivity index (χ2n) is 6.40. The number of amides is 1. The van der Waals surface area contributed by atoms with Gasteiger partial charge in [0.1, 0.15) is 11.6 Å². The maximum Gasteiger partial charge on any atom is 0.256 e. The largest absolute Gasteiger partial charge is 0.497 e. The Morgan fingerprint density at radius 2 is 2.08 bits per heavy atom. The molecule has 1 amide bonds. The van der Waals surface area contributed by atoms with E-state index in [-0.39, 0.29) is 5.91 Å². The van der Waals surface area contributed by atoms with Gasteiger partial charge in [-0.05, 0) is 42.8 Å². The minimum absolute atomic E-state index is 0.0410. The molecule has 7 nitrogen and oxygen atoms in total. The zero-order chi connectivity index (χ0) is 18.3. The van der Waals surface area contributed by atoms with Crippen LogP contribution >= 0.6 is 0 Å². The predicted octanol–water partition coefficient (Wildman–Crippen LogP) is 2.12. The maximum atomic E-state index is 13.1. The minimum atomic E-state index is -0.0410. The van der Waals surface area contributed by atoms with Crippen LogP contribution in [0, 0.1) is 6.92 Å². The van der Waals surface area contributed by atoms with Crippen LogP contribution in [0.1, 0.15) is 27.3 Å². The number of nitrogens with two attached hydrogens (primary N) is 1. The summed E-state index contributed by atoms with van der Waals surface area (Å²) in [5.74, 6) is 1.07. The van der Waals surface area contributed by atoms with E-state index in [0.717, 1.165) is 27.9 Å². The summed E-state index contributed by atoms with van der Waals surface area (Å²) >= 11 is 0. The standard InChI is InChI=1S/C19H19N5O2/c1-11-15(8-12-7-14(26-2)3-4-16(12)21-11)19(25)24-6-5-17-13(10-24)9-18(20)23-22-17/h3-4,7-9H,5-6,10H2,1-2H3,(H2,20,23). The lowest BCUT2D eigenvalue weighted by Crippen LogP contribution is -2.37. The van der Waals surface area contributed by atoms with Crippen LogP contribution in [0.5, 0.6) is 5.75 Å². The number of aromatic nitrogens is 3. The quantitative estimate of drug-likeness (QED) is 0.761. The molecule has 1 aliphatic heterocycles. The van der Waals surface area contributed by atoms with Gasteiger partial charge in [-0.2, -0.15) is 5.10 Å². The summed E-state index contributed by atoms with van der Waals surface area (Å²) in [6.07, 6.45) is 0.669. The fraction of sp³-hybridized carbons (Fsp3) is 0.263. The highest BCUT2D eigenvalue weighted by Crippen LogP contribution is 2.25. The Labute approximate surface area is 150 Å². The van der Waals surface area contributed by atoms with Gasteiger partial charge in [0.2, 0.25) is 0 Å². The third-order valence-electron chi connectivity index (χ3n) is 4.69. The first kappa shape index (κ1) is 16.3. The highest BCUT2D eigenvalue weighted by molar-refractivity contribution is 5.99. The zero-order valence-corrected chi connectivity index (χ0v) is 14.7. The highest BCUT2D eigenvalue weighted by atomic mass is 16.5. The molecule has 7 heteroatoms. The van der Waals surface area contributed by atoms with Gasteiger partial charge in [0.25, 0.3) is 5.91 Å². The number of nitrogen functional groups attached to an aromatic ring is 1. The number of fused-ring (bicyclic) bond motifs is 2. The Morgan fingerprint density at radius 3 is 2.88 bits per heavy atom. The molecule has 0 saturated carbocycles. The van der Waals surface area contributed by atoms with Crippen molar-refractivity contribution < 1.29 is 9.53 Å². The molecule has 0 atom stereocenters. The second-order valence-corrected chi connectivity index (χ2v) is 6.40. The predicted molar refractivity (Wildman–Crippen MR) is 97.9 cm³/mol. The Kier molecular flexibility index (Phi) is 3.91. The van der Waals surface area contributed by atoms with Crippen molar-refractivity contribution in [1.82, 2.24) is 20.1 Å². The molecular formula is C19H19N5O2. The Bertz CT molecular complexity index is 1020. The third-order valence-corrected chi connectivity index (χ3v) is 4.69. The van der Waals surface area contributed by atoms with Gasteiger partial charge in [0.05, 0.1) is 29.6 Å². The molecule has 2 aromatic heterocycles. The van der Waals surface area contributed by atoms with Gasteiger partial charge >= 0.3 is 0 Å². The molecule has 0 spiro atoms. The number of aryl methyl sites for hydroxylation is 1. The first-order valence-corrected chi connectivity index (χ1v) is 8.41. The molecule has 1 aromatic carbocycles. The molecule has 0 fully saturated rings. The van der Waals surface area contributed by atoms with Crippen LogP contribution in [0.25, 0.3) is 10.9 Å². The molecule has 26 heavy (non-hydrogen) atoms. The van der Waals surface area contributed by atoms with Crippen molar-refractivity contribution in [2.45, 2.75) is 19.9 Å². The monoisotopic (exact) mass is 349 g/mol. The number of pyridine rings is 1. The van der Waals surface area contributed by atoms with Crippen LogP contribution in [0.2, 0.25) is 0 Å². The van der Waals surface area contributed by atoms with Crippen LogP contribution in [-0.4, -0.2) is 39.6 Å². The smallest absolute Gasteiger partial charge is 0.256 e. The number of benzene rings is 1. The summed E-state index contributed by atoms with van der Waals surface area (Å²) in [6.45, 7) is 2.93. The summed E-state index contributed by atoms with van der Waals surface area (Å²) in [6, 6.07) is 9.33. The zero-order valence-electron chi connectivity index (χ0n) is 14.7. The number of carbonyl (C=O) groups excluding carboxylic acids is 1. The first-order valence-electron chi connectivity index (χ1n) is 8.41. The van der Waals surface area contributed by atoms with E-state index in [0.29, 0.717) is 36.6 Å². The van der Waals surface area contributed by atoms with Gasteiger partial charge < -0.3 is 15.4 Å². The number of carbonyl (C=O) groups is 1. The average molecular weight is 349 g/mol. The normalized spacial score (nSPS) is 13.5. The molecule has 4 rings (SSSR count). The number of nitrogens with zero attached hydrogens (tertiary/aromatic N) is 4. The lowest BCUT2D eigenvalue weighted by atomic mass is 10.0. The highest BCUT2D eigenvalue weighted by Gasteiger charge is 2.25. The fourth-order valence-corrected chi connectivity index (χ4v) is 3.28. The van der Waals surface area contributed by atoms with Crippen molar-refractivity contribution in [3.05, 3.63) is 52.8 Å². The number of rotatable bonds is 2. The minimum Gasteiger partial charge on any atom is -0.497 e. The summed E-state index contributed by atoms with van der Waals surface area (Å²) in [5.41, 5.74) is 9.74. The summed E-state index contributed by atoms with van der Waals surface area (Å²) in [7, 11) is 1.62. The molecule has 2 N–H and O–H groups in total. The molecular weight excluding hydrogens is 330 g/mol. The van der Waals surface area contributed by atoms with Gasteiger partial charge in [-0.3, -0.25) is 9.78 Å². The van der Waals surface area contributed by atoms with Gasteiger partial charge in [-0.1, -0.05) is 0 Å². The molecule has 0 aliphatic carbocycles. The van der Waals surface area contributed by atoms with E-state index in [1.807, 2.05) is 31.2 Å². The fourth-order valence-electron chi connectivity index (χ4n) is 3.28. The first-order chi connectivity index (χ1) is 12.5. The SMILES string of the molecule is COc1ccc2nc(C)c(C(=O)N3CCc4nnc(N)cc4C3)cc2c1. The lowest BCUT2D eigenvalue weighted by molar-refractivity contribution is 0.0732. The van der Waals surface area contributed by atoms with E-state index in [9.17, 15) is 4.79 Å². The van der Waals surface area contributed by atoms with E-state index in [2.05, 4.69) is 15.2 Å². The Balaban J connectivity index is 1.68. The van der Waals surface area contributed by atoms with Crippen LogP contribution in [0.15, 0.2) is 30.3 Å². The molecule has 3 heterocycles. The van der Waals surface area contributed by atoms with Gasteiger partial charge in [-0.15, -0.1) is 5.10 Å². The topological polar surface area (TPSA) is 94.2 Å². The van der Waals surface area contributed by atoms with Gasteiger partial charge in [0, 0.05) is 24.9 Å². The third kappa shape index (κ3) is 2.81. The molecule has 0 radical (unpaired) electrons. The van der Waals surface area contributed by atoms with Crippen LogP contribution in [-0.2, 0) is 13.0 Å². The molecule has 1 aliphatic rings. The van der Waals surface area contributed by atoms with Crippen molar-refractivity contribution >= 4 is 22.6 Å². The number of anilines is 1. The van der Waals surface area contributed by atoms with Crippen molar-refractivity contribution in [2.24, 2.45) is 0 Å². The number of hydrogen-bond acceptors (Lipinski definition) is 6. The van der Waals surface area contributed by atoms with E-state index >= 15 is 0 Å². The average Bonchev–Trinajstić information content (AvgIpc) is 2.66. The van der Waals surface area contributed by atoms with Crippen molar-refractivity contribution in [1.29, 1.82) is 0 Å². The van der Waals surface area contributed by atoms with E-state index < -0.39 is 0 Å². The Morgan fingerprint density at radius 1 is 1.23 bits per heavy atom. The summed E-state index contributed by atoms with van der Waals surface area (Å²) in [4.78, 5) is 19.5. The molecule has 0 bridgehead atoms. The Hall–Kier alpha value is -3.22. The van der Waals surface area contributed by atoms with Crippen LogP contribution in [0.4, 0.5) is 5.82 Å². The van der Waals surface area contributed by atoms with E-state index in [4.69, 9.17) is 10.5 Å². The van der Waals surface area contributed by atoms with E-state index in [1.54, 1.807) is 18.1 Å². The van der Waals surface area contributed by atoms with E-state index in [1.165, 1.54) is 0 Å². The second kappa shape index (κ2) is 6.25. The van der Waals surface area contributed by atoms with Gasteiger partial charge in [0.15, 0.2) is 0 Å². The van der Waals surface area contributed by atoms with Crippen molar-refractivity contribution in [3.63, 3.8) is 0 Å². The van der Waals surface area contributed by atoms with Crippen molar-refractivity contribution in [3.8, 4) is 5.75 Å². The number of ether oxygens (including phenoxy) is 1. The molecule has 0 saturated heterocycles. The molecule has 3 aromatic rings. The molecule has 132 valence electrons. The van der Waals surface area contributed by atoms with Crippen LogP contribution in [0.3, 0.4) is 0 Å². The van der Waals surface area contributed by atoms with Crippen molar-refractivity contribution in [2.75, 3.05) is 19.4 Å². The number of hydrogen-bond donors (Lipinski definition) is 1. The summed E-state index contributed by atoms with van der Waals surface area (Å²) < 4.78 is 5.27. The number of methoxy groups -OCH3 is 1.